The number of nitrogens with zero attached hydrogens (tertiary/aromatic N) is 2. The van der Waals surface area contributed by atoms with E-state index in [1.807, 2.05) is 64.1 Å². The number of pyridine rings is 2. The van der Waals surface area contributed by atoms with Gasteiger partial charge in [-0.1, -0.05) is 35.9 Å². The lowest BCUT2D eigenvalue weighted by Crippen LogP contribution is -2.31. The fraction of sp³-hybridized carbons (Fsp3) is 0.207. The molecule has 1 amide bonds. The summed E-state index contributed by atoms with van der Waals surface area (Å²) in [5.74, 6) is 0.316. The highest BCUT2D eigenvalue weighted by molar-refractivity contribution is 7.90. The Hall–Kier alpha value is -4.24. The molecule has 8 nitrogen and oxygen atoms in total. The van der Waals surface area contributed by atoms with Crippen LogP contribution in [-0.4, -0.2) is 30.9 Å². The van der Waals surface area contributed by atoms with Gasteiger partial charge in [0, 0.05) is 11.3 Å². The van der Waals surface area contributed by atoms with Crippen LogP contribution in [0.15, 0.2) is 71.8 Å². The Kier molecular flexibility index (Phi) is 7.78. The molecule has 0 atom stereocenters. The molecule has 0 unspecified atom stereocenters. The van der Waals surface area contributed by atoms with Gasteiger partial charge in [-0.05, 0) is 82.1 Å². The van der Waals surface area contributed by atoms with E-state index >= 15 is 0 Å². The molecule has 0 aliphatic heterocycles. The summed E-state index contributed by atoms with van der Waals surface area (Å²) in [7, 11) is -4.23. The predicted molar refractivity (Wildman–Crippen MR) is 145 cm³/mol. The first-order chi connectivity index (χ1) is 18.1. The third-order valence-corrected chi connectivity index (χ3v) is 6.95. The molecule has 0 radical (unpaired) electrons. The minimum atomic E-state index is -4.23. The zero-order chi connectivity index (χ0) is 27.4. The SMILES string of the molecule is CCOc1cccc(-c2ccc(C(=O)NS(=O)(=O)c3cccc(C)n3)c(Oc3c(C)cc(C)cc3C)n2)c1. The molecule has 2 aromatic heterocycles. The van der Waals surface area contributed by atoms with Crippen LogP contribution in [0.25, 0.3) is 11.3 Å². The predicted octanol–water partition coefficient (Wildman–Crippen LogP) is 5.69. The minimum absolute atomic E-state index is 0.0238. The molecule has 38 heavy (non-hydrogen) atoms. The summed E-state index contributed by atoms with van der Waals surface area (Å²) >= 11 is 0. The second kappa shape index (κ2) is 11.0. The highest BCUT2D eigenvalue weighted by atomic mass is 32.2. The number of hydrogen-bond donors (Lipinski definition) is 1. The number of aryl methyl sites for hydroxylation is 4. The van der Waals surface area contributed by atoms with Gasteiger partial charge in [0.25, 0.3) is 15.9 Å². The average molecular weight is 532 g/mol. The number of nitrogens with one attached hydrogen (secondary N) is 1. The Morgan fingerprint density at radius 1 is 0.895 bits per heavy atom. The van der Waals surface area contributed by atoms with E-state index in [2.05, 4.69) is 14.7 Å². The zero-order valence-electron chi connectivity index (χ0n) is 21.9. The van der Waals surface area contributed by atoms with Gasteiger partial charge in [-0.15, -0.1) is 0 Å². The Morgan fingerprint density at radius 2 is 1.61 bits per heavy atom. The third kappa shape index (κ3) is 6.00. The molecule has 2 heterocycles. The van der Waals surface area contributed by atoms with Crippen molar-refractivity contribution in [1.82, 2.24) is 14.7 Å². The lowest BCUT2D eigenvalue weighted by atomic mass is 10.1. The minimum Gasteiger partial charge on any atom is -0.494 e. The summed E-state index contributed by atoms with van der Waals surface area (Å²) in [6.07, 6.45) is 0. The first kappa shape index (κ1) is 26.8. The maximum atomic E-state index is 13.3. The molecule has 0 aliphatic rings. The van der Waals surface area contributed by atoms with E-state index in [1.54, 1.807) is 25.1 Å². The van der Waals surface area contributed by atoms with Crippen molar-refractivity contribution in [2.45, 2.75) is 39.6 Å². The monoisotopic (exact) mass is 531 g/mol. The van der Waals surface area contributed by atoms with Crippen molar-refractivity contribution in [3.63, 3.8) is 0 Å². The molecule has 0 fully saturated rings. The van der Waals surface area contributed by atoms with Gasteiger partial charge < -0.3 is 9.47 Å². The topological polar surface area (TPSA) is 107 Å². The average Bonchev–Trinajstić information content (AvgIpc) is 2.86. The largest absolute Gasteiger partial charge is 0.494 e. The first-order valence-corrected chi connectivity index (χ1v) is 13.6. The van der Waals surface area contributed by atoms with Crippen LogP contribution < -0.4 is 14.2 Å². The fourth-order valence-corrected chi connectivity index (χ4v) is 5.07. The quantitative estimate of drug-likeness (QED) is 0.311. The van der Waals surface area contributed by atoms with Gasteiger partial charge in [0.1, 0.15) is 17.1 Å². The zero-order valence-corrected chi connectivity index (χ0v) is 22.7. The van der Waals surface area contributed by atoms with Crippen molar-refractivity contribution in [3.05, 3.63) is 94.7 Å². The molecule has 4 aromatic rings. The molecule has 0 spiro atoms. The van der Waals surface area contributed by atoms with E-state index < -0.39 is 15.9 Å². The summed E-state index contributed by atoms with van der Waals surface area (Å²) in [6, 6.07) is 19.0. The normalized spacial score (nSPS) is 11.2. The van der Waals surface area contributed by atoms with E-state index in [4.69, 9.17) is 9.47 Å². The first-order valence-electron chi connectivity index (χ1n) is 12.1. The van der Waals surface area contributed by atoms with Crippen LogP contribution >= 0.6 is 0 Å². The summed E-state index contributed by atoms with van der Waals surface area (Å²) in [5.41, 5.74) is 4.54. The molecular weight excluding hydrogens is 502 g/mol. The lowest BCUT2D eigenvalue weighted by molar-refractivity contribution is 0.0978. The molecule has 4 rings (SSSR count). The number of carbonyl (C=O) groups excluding carboxylic acids is 1. The van der Waals surface area contributed by atoms with Gasteiger partial charge in [-0.2, -0.15) is 8.42 Å². The van der Waals surface area contributed by atoms with Crippen molar-refractivity contribution in [1.29, 1.82) is 0 Å². The summed E-state index contributed by atoms with van der Waals surface area (Å²) < 4.78 is 39.7. The van der Waals surface area contributed by atoms with E-state index in [9.17, 15) is 13.2 Å². The highest BCUT2D eigenvalue weighted by Crippen LogP contribution is 2.33. The van der Waals surface area contributed by atoms with E-state index in [0.29, 0.717) is 29.5 Å². The van der Waals surface area contributed by atoms with Crippen LogP contribution in [0.3, 0.4) is 0 Å². The molecule has 2 aromatic carbocycles. The van der Waals surface area contributed by atoms with Crippen LogP contribution in [0.2, 0.25) is 0 Å². The second-order valence-corrected chi connectivity index (χ2v) is 10.5. The van der Waals surface area contributed by atoms with Crippen molar-refractivity contribution in [3.8, 4) is 28.6 Å². The number of ether oxygens (including phenoxy) is 2. The van der Waals surface area contributed by atoms with Gasteiger partial charge in [-0.3, -0.25) is 4.79 Å². The Morgan fingerprint density at radius 3 is 2.29 bits per heavy atom. The number of aromatic nitrogens is 2. The molecule has 0 bridgehead atoms. The highest BCUT2D eigenvalue weighted by Gasteiger charge is 2.24. The van der Waals surface area contributed by atoms with Crippen molar-refractivity contribution >= 4 is 15.9 Å². The van der Waals surface area contributed by atoms with Gasteiger partial charge >= 0.3 is 0 Å². The van der Waals surface area contributed by atoms with Crippen LogP contribution in [0, 0.1) is 27.7 Å². The van der Waals surface area contributed by atoms with Gasteiger partial charge in [0.05, 0.1) is 12.3 Å². The Bertz CT molecular complexity index is 1590. The van der Waals surface area contributed by atoms with Crippen LogP contribution in [0.5, 0.6) is 17.4 Å². The molecular formula is C29H29N3O5S. The fourth-order valence-electron chi connectivity index (χ4n) is 4.09. The summed E-state index contributed by atoms with van der Waals surface area (Å²) in [4.78, 5) is 21.9. The van der Waals surface area contributed by atoms with Crippen molar-refractivity contribution in [2.75, 3.05) is 6.61 Å². The summed E-state index contributed by atoms with van der Waals surface area (Å²) in [6.45, 7) is 9.87. The summed E-state index contributed by atoms with van der Waals surface area (Å²) in [5, 5.41) is -0.254. The van der Waals surface area contributed by atoms with Crippen molar-refractivity contribution < 1.29 is 22.7 Å². The molecule has 0 aliphatic carbocycles. The van der Waals surface area contributed by atoms with Gasteiger partial charge in [0.2, 0.25) is 5.88 Å². The number of hydrogen-bond acceptors (Lipinski definition) is 7. The van der Waals surface area contributed by atoms with Gasteiger partial charge in [-0.25, -0.2) is 14.7 Å². The number of rotatable bonds is 8. The molecule has 196 valence electrons. The number of benzene rings is 2. The molecule has 9 heteroatoms. The van der Waals surface area contributed by atoms with Crippen LogP contribution in [0.1, 0.15) is 39.7 Å². The Balaban J connectivity index is 1.78. The van der Waals surface area contributed by atoms with Crippen molar-refractivity contribution in [2.24, 2.45) is 0 Å². The smallest absolute Gasteiger partial charge is 0.281 e. The Labute approximate surface area is 222 Å². The second-order valence-electron chi connectivity index (χ2n) is 8.89. The van der Waals surface area contributed by atoms with E-state index in [1.165, 1.54) is 12.1 Å². The number of amides is 1. The molecule has 0 saturated carbocycles. The van der Waals surface area contributed by atoms with Gasteiger partial charge in [0.15, 0.2) is 5.03 Å². The maximum absolute atomic E-state index is 13.3. The van der Waals surface area contributed by atoms with Crippen LogP contribution in [-0.2, 0) is 10.0 Å². The van der Waals surface area contributed by atoms with E-state index in [0.717, 1.165) is 22.3 Å². The molecule has 0 saturated heterocycles. The van der Waals surface area contributed by atoms with E-state index in [-0.39, 0.29) is 16.5 Å². The lowest BCUT2D eigenvalue weighted by Gasteiger charge is -2.16. The number of carbonyl (C=O) groups is 1. The maximum Gasteiger partial charge on any atom is 0.281 e. The number of sulfonamides is 1. The third-order valence-electron chi connectivity index (χ3n) is 5.71. The van der Waals surface area contributed by atoms with Crippen LogP contribution in [0.4, 0.5) is 0 Å². The molecule has 1 N–H and O–H groups in total. The standard InChI is InChI=1S/C29H29N3O5S/c1-6-36-23-11-8-10-22(17-23)25-14-13-24(28(33)32-38(34,35)26-12-7-9-21(5)30-26)29(31-25)37-27-19(3)15-18(2)16-20(27)4/h7-17H,6H2,1-5H3,(H,32,33).